The summed E-state index contributed by atoms with van der Waals surface area (Å²) in [5, 5.41) is 41.2. The average molecular weight is 342 g/mol. The molecule has 0 bridgehead atoms. The molecule has 0 aliphatic carbocycles. The number of benzene rings is 1. The Hall–Kier alpha value is -1.24. The number of rotatable bonds is 7. The van der Waals surface area contributed by atoms with E-state index in [4.69, 9.17) is 9.81 Å². The van der Waals surface area contributed by atoms with Crippen LogP contribution < -0.4 is 0 Å². The van der Waals surface area contributed by atoms with E-state index in [2.05, 4.69) is 9.37 Å². The molecule has 0 aliphatic rings. The Morgan fingerprint density at radius 1 is 1.05 bits per heavy atom. The van der Waals surface area contributed by atoms with Gasteiger partial charge in [0.25, 0.3) is 10.1 Å². The second-order valence-corrected chi connectivity index (χ2v) is 6.08. The fourth-order valence-electron chi connectivity index (χ4n) is 1.78. The van der Waals surface area contributed by atoms with Gasteiger partial charge in [-0.2, -0.15) is 8.42 Å². The van der Waals surface area contributed by atoms with Crippen LogP contribution in [0.3, 0.4) is 0 Å². The highest BCUT2D eigenvalue weighted by Crippen LogP contribution is 2.44. The summed E-state index contributed by atoms with van der Waals surface area (Å²) in [4.78, 5) is 0. The first-order valence-corrected chi connectivity index (χ1v) is 8.07. The molecule has 0 heterocycles. The van der Waals surface area contributed by atoms with E-state index in [1.54, 1.807) is 6.92 Å². The van der Waals surface area contributed by atoms with Gasteiger partial charge in [0.1, 0.15) is 23.0 Å². The fraction of sp³-hybridized carbons (Fsp3) is 0.400. The standard InChI is InChI=1S/C10H14O9S2/c1-2-5-8(11)6(3-20-19-18-14)10(13)7(9(5)12)4-21(15,16)17/h11-14H,2-4H2,1H3,(H,15,16,17). The molecule has 0 aromatic heterocycles. The van der Waals surface area contributed by atoms with E-state index in [1.807, 2.05) is 0 Å². The average Bonchev–Trinajstić information content (AvgIpc) is 2.38. The first-order valence-electron chi connectivity index (χ1n) is 5.55. The van der Waals surface area contributed by atoms with Gasteiger partial charge >= 0.3 is 0 Å². The third-order valence-corrected chi connectivity index (χ3v) is 3.89. The molecule has 1 aromatic carbocycles. The van der Waals surface area contributed by atoms with E-state index in [0.29, 0.717) is 12.0 Å². The lowest BCUT2D eigenvalue weighted by atomic mass is 10.0. The van der Waals surface area contributed by atoms with Crippen molar-refractivity contribution in [3.05, 3.63) is 16.7 Å². The van der Waals surface area contributed by atoms with E-state index >= 15 is 0 Å². The molecule has 120 valence electrons. The summed E-state index contributed by atoms with van der Waals surface area (Å²) in [7, 11) is -4.51. The van der Waals surface area contributed by atoms with Gasteiger partial charge in [-0.05, 0) is 6.42 Å². The molecular formula is C10H14O9S2. The van der Waals surface area contributed by atoms with E-state index in [1.165, 1.54) is 0 Å². The minimum atomic E-state index is -4.51. The van der Waals surface area contributed by atoms with Gasteiger partial charge in [0.15, 0.2) is 0 Å². The Kier molecular flexibility index (Phi) is 6.07. The first kappa shape index (κ1) is 17.8. The second-order valence-electron chi connectivity index (χ2n) is 3.97. The molecular weight excluding hydrogens is 328 g/mol. The Bertz CT molecular complexity index is 612. The van der Waals surface area contributed by atoms with Crippen molar-refractivity contribution in [1.29, 1.82) is 0 Å². The Labute approximate surface area is 124 Å². The quantitative estimate of drug-likeness (QED) is 0.161. The number of phenols is 3. The normalized spacial score (nSPS) is 11.8. The van der Waals surface area contributed by atoms with E-state index < -0.39 is 38.7 Å². The molecule has 0 saturated heterocycles. The predicted octanol–water partition coefficient (Wildman–Crippen LogP) is 1.32. The van der Waals surface area contributed by atoms with Gasteiger partial charge in [-0.3, -0.25) is 4.55 Å². The molecule has 0 saturated carbocycles. The Balaban J connectivity index is 3.39. The van der Waals surface area contributed by atoms with Crippen LogP contribution in [0, 0.1) is 0 Å². The molecule has 0 spiro atoms. The minimum Gasteiger partial charge on any atom is -0.507 e. The summed E-state index contributed by atoms with van der Waals surface area (Å²) >= 11 is 0.501. The second kappa shape index (κ2) is 7.15. The molecule has 0 atom stereocenters. The summed E-state index contributed by atoms with van der Waals surface area (Å²) in [6.45, 7) is 1.59. The lowest BCUT2D eigenvalue weighted by molar-refractivity contribution is -0.432. The highest BCUT2D eigenvalue weighted by atomic mass is 32.2. The monoisotopic (exact) mass is 342 g/mol. The number of aromatic hydroxyl groups is 3. The van der Waals surface area contributed by atoms with Crippen molar-refractivity contribution in [2.75, 3.05) is 0 Å². The number of phenolic OH excluding ortho intramolecular Hbond substituents is 3. The van der Waals surface area contributed by atoms with Gasteiger partial charge in [-0.1, -0.05) is 12.0 Å². The van der Waals surface area contributed by atoms with Gasteiger partial charge in [-0.25, -0.2) is 5.26 Å². The maximum Gasteiger partial charge on any atom is 0.269 e. The molecule has 1 rings (SSSR count). The first-order chi connectivity index (χ1) is 9.72. The van der Waals surface area contributed by atoms with Crippen LogP contribution in [-0.4, -0.2) is 33.5 Å². The summed E-state index contributed by atoms with van der Waals surface area (Å²) in [5.74, 6) is -3.00. The Morgan fingerprint density at radius 3 is 2.05 bits per heavy atom. The van der Waals surface area contributed by atoms with Crippen molar-refractivity contribution in [1.82, 2.24) is 0 Å². The van der Waals surface area contributed by atoms with Gasteiger partial charge < -0.3 is 15.3 Å². The third kappa shape index (κ3) is 4.36. The molecule has 9 nitrogen and oxygen atoms in total. The summed E-state index contributed by atoms with van der Waals surface area (Å²) in [5.41, 5.74) is -0.565. The smallest absolute Gasteiger partial charge is 0.269 e. The third-order valence-electron chi connectivity index (χ3n) is 2.68. The fourth-order valence-corrected chi connectivity index (χ4v) is 2.90. The lowest BCUT2D eigenvalue weighted by Gasteiger charge is -2.16. The van der Waals surface area contributed by atoms with Gasteiger partial charge in [0.2, 0.25) is 0 Å². The predicted molar refractivity (Wildman–Crippen MR) is 72.2 cm³/mol. The molecule has 11 heteroatoms. The zero-order chi connectivity index (χ0) is 16.2. The maximum absolute atomic E-state index is 10.9. The van der Waals surface area contributed by atoms with Gasteiger partial charge in [0, 0.05) is 23.2 Å². The zero-order valence-corrected chi connectivity index (χ0v) is 12.4. The highest BCUT2D eigenvalue weighted by molar-refractivity contribution is 7.93. The van der Waals surface area contributed by atoms with Crippen molar-refractivity contribution >= 4 is 22.2 Å². The van der Waals surface area contributed by atoms with Crippen molar-refractivity contribution in [3.63, 3.8) is 0 Å². The number of hydrogen-bond donors (Lipinski definition) is 5. The SMILES string of the molecule is CCc1c(O)c(CSOOO)c(O)c(CS(=O)(=O)O)c1O. The van der Waals surface area contributed by atoms with Gasteiger partial charge in [-0.15, -0.1) is 4.33 Å². The van der Waals surface area contributed by atoms with Crippen LogP contribution in [0.5, 0.6) is 17.2 Å². The van der Waals surface area contributed by atoms with Crippen LogP contribution in [0.4, 0.5) is 0 Å². The molecule has 1 aromatic rings. The van der Waals surface area contributed by atoms with Crippen molar-refractivity contribution in [2.24, 2.45) is 0 Å². The minimum absolute atomic E-state index is 0.00645. The molecule has 0 fully saturated rings. The van der Waals surface area contributed by atoms with Crippen LogP contribution >= 0.6 is 12.0 Å². The molecule has 0 aliphatic heterocycles. The maximum atomic E-state index is 10.9. The highest BCUT2D eigenvalue weighted by Gasteiger charge is 2.25. The molecule has 0 unspecified atom stereocenters. The van der Waals surface area contributed by atoms with E-state index in [0.717, 1.165) is 0 Å². The van der Waals surface area contributed by atoms with Crippen molar-refractivity contribution in [2.45, 2.75) is 24.9 Å². The molecule has 0 amide bonds. The molecule has 21 heavy (non-hydrogen) atoms. The van der Waals surface area contributed by atoms with Crippen molar-refractivity contribution < 1.29 is 42.9 Å². The van der Waals surface area contributed by atoms with Crippen LogP contribution in [0.1, 0.15) is 23.6 Å². The van der Waals surface area contributed by atoms with Crippen LogP contribution in [-0.2, 0) is 37.4 Å². The van der Waals surface area contributed by atoms with Crippen LogP contribution in [0.2, 0.25) is 0 Å². The molecule has 0 radical (unpaired) electrons. The van der Waals surface area contributed by atoms with Crippen molar-refractivity contribution in [3.8, 4) is 17.2 Å². The van der Waals surface area contributed by atoms with E-state index in [-0.39, 0.29) is 23.3 Å². The van der Waals surface area contributed by atoms with Crippen LogP contribution in [0.25, 0.3) is 0 Å². The Morgan fingerprint density at radius 2 is 1.57 bits per heavy atom. The summed E-state index contributed by atoms with van der Waals surface area (Å²) < 4.78 is 34.9. The zero-order valence-electron chi connectivity index (χ0n) is 10.8. The van der Waals surface area contributed by atoms with Crippen LogP contribution in [0.15, 0.2) is 0 Å². The summed E-state index contributed by atoms with van der Waals surface area (Å²) in [6.07, 6.45) is 0.144. The summed E-state index contributed by atoms with van der Waals surface area (Å²) in [6, 6.07) is 0. The largest absolute Gasteiger partial charge is 0.507 e. The number of hydrogen-bond acceptors (Lipinski definition) is 9. The van der Waals surface area contributed by atoms with E-state index in [9.17, 15) is 23.7 Å². The lowest BCUT2D eigenvalue weighted by Crippen LogP contribution is -2.05. The topological polar surface area (TPSA) is 154 Å². The molecule has 5 N–H and O–H groups in total. The van der Waals surface area contributed by atoms with Gasteiger partial charge in [0.05, 0.1) is 11.3 Å².